The van der Waals surface area contributed by atoms with Crippen LogP contribution in [0.4, 0.5) is 8.78 Å². The van der Waals surface area contributed by atoms with Crippen LogP contribution in [-0.4, -0.2) is 73.5 Å². The summed E-state index contributed by atoms with van der Waals surface area (Å²) in [5, 5.41) is 21.5. The number of benzene rings is 2. The van der Waals surface area contributed by atoms with Crippen LogP contribution in [-0.2, 0) is 43.6 Å². The fourth-order valence-electron chi connectivity index (χ4n) is 5.49. The van der Waals surface area contributed by atoms with Crippen molar-refractivity contribution in [2.24, 2.45) is 0 Å². The van der Waals surface area contributed by atoms with Gasteiger partial charge in [0.15, 0.2) is 9.84 Å². The van der Waals surface area contributed by atoms with Crippen molar-refractivity contribution in [3.05, 3.63) is 70.8 Å². The standard InChI is InChI=1S/C35H52F2N4O6S/c1-5-10-30(11-6-2)48(46,47)23-32(40-34(44)14-9-15-39-24(4)42)35(45)41-31(19-27-17-28(36)20-29(37)18-27)33(43)22-38-21-26-13-8-12-25(7-3)16-26/h8,12-13,16-18,20,30-33,38,43H,5-7,9-11,14-15,19,21-23H2,1-4H3,(H,39,42)(H,40,44)(H,41,45)/t31-,32+,33+/m0/s1. The van der Waals surface area contributed by atoms with Gasteiger partial charge in [0.05, 0.1) is 23.1 Å². The number of hydrogen-bond donors (Lipinski definition) is 5. The van der Waals surface area contributed by atoms with Gasteiger partial charge in [-0.1, -0.05) is 57.9 Å². The number of hydrogen-bond acceptors (Lipinski definition) is 7. The lowest BCUT2D eigenvalue weighted by Gasteiger charge is -2.28. The average Bonchev–Trinajstić information content (AvgIpc) is 3.01. The van der Waals surface area contributed by atoms with E-state index in [1.54, 1.807) is 0 Å². The third-order valence-electron chi connectivity index (χ3n) is 7.99. The van der Waals surface area contributed by atoms with E-state index in [2.05, 4.69) is 21.3 Å². The van der Waals surface area contributed by atoms with Gasteiger partial charge >= 0.3 is 0 Å². The molecule has 5 N–H and O–H groups in total. The number of sulfone groups is 1. The van der Waals surface area contributed by atoms with E-state index in [9.17, 15) is 36.7 Å². The third-order valence-corrected chi connectivity index (χ3v) is 10.3. The number of halogens is 2. The number of aliphatic hydroxyl groups excluding tert-OH is 1. The molecule has 48 heavy (non-hydrogen) atoms. The second-order valence-electron chi connectivity index (χ2n) is 12.2. The highest BCUT2D eigenvalue weighted by atomic mass is 32.2. The SMILES string of the molecule is CCCC(CCC)S(=O)(=O)C[C@@H](NC(=O)CCCNC(C)=O)C(=O)N[C@@H](Cc1cc(F)cc(F)c1)[C@H](O)CNCc1cccc(CC)c1. The topological polar surface area (TPSA) is 154 Å². The molecule has 2 aromatic rings. The molecule has 0 saturated carbocycles. The summed E-state index contributed by atoms with van der Waals surface area (Å²) in [6, 6.07) is 8.21. The molecule has 3 amide bonds. The van der Waals surface area contributed by atoms with Crippen molar-refractivity contribution in [3.8, 4) is 0 Å². The zero-order valence-corrected chi connectivity index (χ0v) is 29.3. The number of aliphatic hydroxyl groups is 1. The molecule has 0 fully saturated rings. The van der Waals surface area contributed by atoms with Crippen molar-refractivity contribution in [2.75, 3.05) is 18.8 Å². The fourth-order valence-corrected chi connectivity index (χ4v) is 7.66. The van der Waals surface area contributed by atoms with Gasteiger partial charge in [-0.3, -0.25) is 14.4 Å². The summed E-state index contributed by atoms with van der Waals surface area (Å²) in [5.41, 5.74) is 2.30. The lowest BCUT2D eigenvalue weighted by atomic mass is 10.00. The molecule has 13 heteroatoms. The van der Waals surface area contributed by atoms with Crippen LogP contribution in [0.3, 0.4) is 0 Å². The summed E-state index contributed by atoms with van der Waals surface area (Å²) in [6.07, 6.45) is 1.64. The van der Waals surface area contributed by atoms with Crippen LogP contribution in [0.5, 0.6) is 0 Å². The van der Waals surface area contributed by atoms with Crippen molar-refractivity contribution >= 4 is 27.6 Å². The molecule has 0 aliphatic carbocycles. The minimum Gasteiger partial charge on any atom is -0.390 e. The first-order valence-corrected chi connectivity index (χ1v) is 18.5. The Morgan fingerprint density at radius 2 is 1.54 bits per heavy atom. The van der Waals surface area contributed by atoms with Crippen LogP contribution < -0.4 is 21.3 Å². The van der Waals surface area contributed by atoms with Crippen LogP contribution in [0, 0.1) is 11.6 Å². The van der Waals surface area contributed by atoms with Crippen LogP contribution in [0.25, 0.3) is 0 Å². The zero-order valence-electron chi connectivity index (χ0n) is 28.5. The first kappa shape index (κ1) is 40.8. The zero-order chi connectivity index (χ0) is 35.7. The molecule has 0 spiro atoms. The number of carbonyl (C=O) groups is 3. The van der Waals surface area contributed by atoms with Crippen molar-refractivity contribution in [3.63, 3.8) is 0 Å². The van der Waals surface area contributed by atoms with E-state index in [-0.39, 0.29) is 43.8 Å². The lowest BCUT2D eigenvalue weighted by molar-refractivity contribution is -0.129. The van der Waals surface area contributed by atoms with E-state index >= 15 is 0 Å². The summed E-state index contributed by atoms with van der Waals surface area (Å²) < 4.78 is 55.2. The molecule has 0 aromatic heterocycles. The molecule has 0 heterocycles. The predicted molar refractivity (Wildman–Crippen MR) is 183 cm³/mol. The minimum absolute atomic E-state index is 0.00730. The maximum absolute atomic E-state index is 14.1. The Morgan fingerprint density at radius 3 is 2.15 bits per heavy atom. The van der Waals surface area contributed by atoms with Gasteiger partial charge in [0.1, 0.15) is 17.7 Å². The molecule has 0 unspecified atom stereocenters. The van der Waals surface area contributed by atoms with E-state index in [0.717, 1.165) is 29.7 Å². The largest absolute Gasteiger partial charge is 0.390 e. The second kappa shape index (κ2) is 20.8. The molecule has 0 saturated heterocycles. The van der Waals surface area contributed by atoms with Gasteiger partial charge in [0, 0.05) is 39.0 Å². The Bertz CT molecular complexity index is 1420. The minimum atomic E-state index is -3.86. The molecule has 0 aliphatic heterocycles. The highest BCUT2D eigenvalue weighted by molar-refractivity contribution is 7.92. The molecule has 3 atom stereocenters. The summed E-state index contributed by atoms with van der Waals surface area (Å²) in [6.45, 7) is 7.75. The fraction of sp³-hybridized carbons (Fsp3) is 0.571. The van der Waals surface area contributed by atoms with Crippen LogP contribution >= 0.6 is 0 Å². The maximum Gasteiger partial charge on any atom is 0.243 e. The lowest BCUT2D eigenvalue weighted by Crippen LogP contribution is -2.57. The van der Waals surface area contributed by atoms with E-state index in [0.29, 0.717) is 38.3 Å². The molecule has 10 nitrogen and oxygen atoms in total. The summed E-state index contributed by atoms with van der Waals surface area (Å²) in [5.74, 6) is -4.01. The Labute approximate surface area is 283 Å². The number of nitrogens with one attached hydrogen (secondary N) is 4. The predicted octanol–water partition coefficient (Wildman–Crippen LogP) is 3.49. The third kappa shape index (κ3) is 14.8. The van der Waals surface area contributed by atoms with Gasteiger partial charge in [0.2, 0.25) is 17.7 Å². The van der Waals surface area contributed by atoms with E-state index in [1.165, 1.54) is 6.92 Å². The first-order chi connectivity index (χ1) is 22.8. The van der Waals surface area contributed by atoms with Gasteiger partial charge in [-0.15, -0.1) is 0 Å². The van der Waals surface area contributed by atoms with Gasteiger partial charge < -0.3 is 26.4 Å². The van der Waals surface area contributed by atoms with E-state index < -0.39 is 62.5 Å². The van der Waals surface area contributed by atoms with Crippen LogP contribution in [0.2, 0.25) is 0 Å². The monoisotopic (exact) mass is 694 g/mol. The molecular weight excluding hydrogens is 642 g/mol. The Balaban J connectivity index is 2.31. The Morgan fingerprint density at radius 1 is 0.896 bits per heavy atom. The number of aryl methyl sites for hydroxylation is 1. The molecule has 0 bridgehead atoms. The smallest absolute Gasteiger partial charge is 0.243 e. The average molecular weight is 695 g/mol. The van der Waals surface area contributed by atoms with Crippen LogP contribution in [0.1, 0.15) is 82.9 Å². The first-order valence-electron chi connectivity index (χ1n) is 16.7. The molecular formula is C35H52F2N4O6S. The van der Waals surface area contributed by atoms with Gasteiger partial charge in [-0.05, 0) is 60.9 Å². The second-order valence-corrected chi connectivity index (χ2v) is 14.5. The number of rotatable bonds is 22. The normalized spacial score (nSPS) is 13.5. The van der Waals surface area contributed by atoms with Crippen molar-refractivity contribution in [1.82, 2.24) is 21.3 Å². The maximum atomic E-state index is 14.1. The highest BCUT2D eigenvalue weighted by Crippen LogP contribution is 2.18. The number of amides is 3. The van der Waals surface area contributed by atoms with Crippen molar-refractivity contribution < 1.29 is 36.7 Å². The summed E-state index contributed by atoms with van der Waals surface area (Å²) in [7, 11) is -3.86. The van der Waals surface area contributed by atoms with E-state index in [4.69, 9.17) is 0 Å². The van der Waals surface area contributed by atoms with Gasteiger partial charge in [0.25, 0.3) is 0 Å². The highest BCUT2D eigenvalue weighted by Gasteiger charge is 2.34. The van der Waals surface area contributed by atoms with E-state index in [1.807, 2.05) is 45.0 Å². The Kier molecular flexibility index (Phi) is 17.7. The van der Waals surface area contributed by atoms with Crippen molar-refractivity contribution in [2.45, 2.75) is 109 Å². The van der Waals surface area contributed by atoms with Gasteiger partial charge in [-0.2, -0.15) is 0 Å². The van der Waals surface area contributed by atoms with Crippen LogP contribution in [0.15, 0.2) is 42.5 Å². The molecule has 0 radical (unpaired) electrons. The summed E-state index contributed by atoms with van der Waals surface area (Å²) >= 11 is 0. The van der Waals surface area contributed by atoms with Crippen molar-refractivity contribution in [1.29, 1.82) is 0 Å². The molecule has 0 aliphatic rings. The molecule has 2 rings (SSSR count). The molecule has 268 valence electrons. The number of carbonyl (C=O) groups excluding carboxylic acids is 3. The van der Waals surface area contributed by atoms with Gasteiger partial charge in [-0.25, -0.2) is 17.2 Å². The summed E-state index contributed by atoms with van der Waals surface area (Å²) in [4.78, 5) is 37.8. The molecule has 2 aromatic carbocycles. The quantitative estimate of drug-likeness (QED) is 0.118. The Hall–Kier alpha value is -3.42.